The molecule has 24 heavy (non-hydrogen) atoms. The number of urea groups is 1. The van der Waals surface area contributed by atoms with Gasteiger partial charge in [-0.2, -0.15) is 0 Å². The number of rotatable bonds is 5. The van der Waals surface area contributed by atoms with Crippen molar-refractivity contribution in [3.8, 4) is 0 Å². The molecule has 1 aromatic rings. The van der Waals surface area contributed by atoms with Crippen LogP contribution in [0.25, 0.3) is 0 Å². The van der Waals surface area contributed by atoms with Crippen LogP contribution in [0.2, 0.25) is 0 Å². The first-order valence-electron chi connectivity index (χ1n) is 8.73. The maximum Gasteiger partial charge on any atom is 0.318 e. The van der Waals surface area contributed by atoms with E-state index in [0.717, 1.165) is 25.7 Å². The molecule has 5 nitrogen and oxygen atoms in total. The predicted octanol–water partition coefficient (Wildman–Crippen LogP) is 2.21. The van der Waals surface area contributed by atoms with E-state index in [4.69, 9.17) is 0 Å². The first-order chi connectivity index (χ1) is 11.6. The normalized spacial score (nSPS) is 21.6. The molecule has 1 aliphatic heterocycles. The van der Waals surface area contributed by atoms with Crippen molar-refractivity contribution in [2.24, 2.45) is 0 Å². The van der Waals surface area contributed by atoms with Gasteiger partial charge in [0.15, 0.2) is 0 Å². The highest BCUT2D eigenvalue weighted by Gasteiger charge is 2.37. The summed E-state index contributed by atoms with van der Waals surface area (Å²) >= 11 is 0. The minimum absolute atomic E-state index is 0.142. The molecule has 6 heteroatoms. The summed E-state index contributed by atoms with van der Waals surface area (Å²) < 4.78 is 13.5. The van der Waals surface area contributed by atoms with E-state index in [1.54, 1.807) is 23.1 Å². The summed E-state index contributed by atoms with van der Waals surface area (Å²) in [5.41, 5.74) is 0.581. The van der Waals surface area contributed by atoms with Crippen LogP contribution in [0.1, 0.15) is 37.7 Å². The second kappa shape index (κ2) is 7.64. The number of nitrogens with zero attached hydrogens (tertiary/aromatic N) is 1. The zero-order valence-corrected chi connectivity index (χ0v) is 13.8. The molecule has 2 fully saturated rings. The molecule has 1 saturated heterocycles. The Bertz CT molecular complexity index is 602. The molecule has 2 N–H and O–H groups in total. The van der Waals surface area contributed by atoms with Crippen LogP contribution < -0.4 is 10.6 Å². The first kappa shape index (κ1) is 16.7. The highest BCUT2D eigenvalue weighted by Crippen LogP contribution is 2.24. The van der Waals surface area contributed by atoms with Gasteiger partial charge in [-0.05, 0) is 30.9 Å². The molecular formula is C18H24FN3O2. The van der Waals surface area contributed by atoms with Gasteiger partial charge in [0.05, 0.1) is 6.54 Å². The Morgan fingerprint density at radius 3 is 2.75 bits per heavy atom. The second-order valence-corrected chi connectivity index (χ2v) is 6.58. The van der Waals surface area contributed by atoms with E-state index in [9.17, 15) is 14.0 Å². The van der Waals surface area contributed by atoms with Gasteiger partial charge in [0, 0.05) is 12.6 Å². The first-order valence-corrected chi connectivity index (χ1v) is 8.73. The topological polar surface area (TPSA) is 61.4 Å². The minimum atomic E-state index is -0.514. The van der Waals surface area contributed by atoms with E-state index in [1.165, 1.54) is 12.5 Å². The van der Waals surface area contributed by atoms with Crippen LogP contribution in [-0.4, -0.2) is 42.0 Å². The van der Waals surface area contributed by atoms with Gasteiger partial charge in [-0.15, -0.1) is 0 Å². The third-order valence-corrected chi connectivity index (χ3v) is 4.92. The Balaban J connectivity index is 1.47. The number of amides is 3. The Morgan fingerprint density at radius 2 is 2.00 bits per heavy atom. The number of nitrogens with one attached hydrogen (secondary N) is 2. The van der Waals surface area contributed by atoms with E-state index >= 15 is 0 Å². The predicted molar refractivity (Wildman–Crippen MR) is 89.0 cm³/mol. The van der Waals surface area contributed by atoms with E-state index in [-0.39, 0.29) is 23.8 Å². The lowest BCUT2D eigenvalue weighted by molar-refractivity contribution is -0.122. The molecular weight excluding hydrogens is 309 g/mol. The third kappa shape index (κ3) is 3.86. The van der Waals surface area contributed by atoms with Gasteiger partial charge in [0.25, 0.3) is 0 Å². The maximum atomic E-state index is 13.5. The molecule has 1 unspecified atom stereocenters. The fourth-order valence-corrected chi connectivity index (χ4v) is 3.56. The second-order valence-electron chi connectivity index (χ2n) is 6.58. The zero-order valence-electron chi connectivity index (χ0n) is 13.8. The summed E-state index contributed by atoms with van der Waals surface area (Å²) in [7, 11) is 0. The quantitative estimate of drug-likeness (QED) is 0.868. The van der Waals surface area contributed by atoms with Crippen LogP contribution in [0.3, 0.4) is 0 Å². The number of halogens is 1. The number of benzene rings is 1. The molecule has 0 radical (unpaired) electrons. The van der Waals surface area contributed by atoms with Gasteiger partial charge < -0.3 is 15.5 Å². The maximum absolute atomic E-state index is 13.5. The fourth-order valence-electron chi connectivity index (χ4n) is 3.56. The summed E-state index contributed by atoms with van der Waals surface area (Å²) in [6, 6.07) is 6.15. The fraction of sp³-hybridized carbons (Fsp3) is 0.556. The number of carbonyl (C=O) groups excluding carboxylic acids is 2. The zero-order chi connectivity index (χ0) is 16.9. The van der Waals surface area contributed by atoms with E-state index < -0.39 is 6.04 Å². The van der Waals surface area contributed by atoms with Crippen molar-refractivity contribution in [3.63, 3.8) is 0 Å². The highest BCUT2D eigenvalue weighted by molar-refractivity contribution is 5.90. The van der Waals surface area contributed by atoms with Gasteiger partial charge in [0.1, 0.15) is 11.9 Å². The van der Waals surface area contributed by atoms with Gasteiger partial charge >= 0.3 is 6.03 Å². The van der Waals surface area contributed by atoms with E-state index in [2.05, 4.69) is 10.6 Å². The molecule has 3 rings (SSSR count). The van der Waals surface area contributed by atoms with Crippen molar-refractivity contribution in [3.05, 3.63) is 35.6 Å². The van der Waals surface area contributed by atoms with Crippen LogP contribution >= 0.6 is 0 Å². The smallest absolute Gasteiger partial charge is 0.318 e. The van der Waals surface area contributed by atoms with Crippen molar-refractivity contribution in [1.82, 2.24) is 15.5 Å². The molecule has 130 valence electrons. The lowest BCUT2D eigenvalue weighted by atomic mass is 9.94. The summed E-state index contributed by atoms with van der Waals surface area (Å²) in [5.74, 6) is -0.456. The Hall–Kier alpha value is -2.11. The molecule has 0 bridgehead atoms. The molecule has 1 heterocycles. The Morgan fingerprint density at radius 1 is 1.25 bits per heavy atom. The van der Waals surface area contributed by atoms with Crippen molar-refractivity contribution < 1.29 is 14.0 Å². The Labute approximate surface area is 141 Å². The largest absolute Gasteiger partial charge is 0.354 e. The monoisotopic (exact) mass is 333 g/mol. The molecule has 1 aromatic carbocycles. The van der Waals surface area contributed by atoms with Gasteiger partial charge in [-0.3, -0.25) is 4.79 Å². The van der Waals surface area contributed by atoms with Crippen LogP contribution in [0.15, 0.2) is 24.3 Å². The summed E-state index contributed by atoms with van der Waals surface area (Å²) in [4.78, 5) is 26.2. The summed E-state index contributed by atoms with van der Waals surface area (Å²) in [5, 5.41) is 5.56. The lowest BCUT2D eigenvalue weighted by Gasteiger charge is -2.30. The molecule has 0 aromatic heterocycles. The molecule has 1 saturated carbocycles. The molecule has 3 amide bonds. The van der Waals surface area contributed by atoms with Crippen molar-refractivity contribution in [2.45, 2.75) is 50.6 Å². The van der Waals surface area contributed by atoms with Crippen LogP contribution in [-0.2, 0) is 11.2 Å². The lowest BCUT2D eigenvalue weighted by Crippen LogP contribution is -2.43. The third-order valence-electron chi connectivity index (χ3n) is 4.92. The number of hydrogen-bond acceptors (Lipinski definition) is 2. The van der Waals surface area contributed by atoms with Crippen LogP contribution in [0, 0.1) is 5.82 Å². The summed E-state index contributed by atoms with van der Waals surface area (Å²) in [6.45, 7) is 0.782. The molecule has 0 spiro atoms. The standard InChI is InChI=1S/C18H24FN3O2/c19-15-9-5-4-6-13(15)10-11-20-17(23)16-12-22(18(24)21-16)14-7-2-1-3-8-14/h4-6,9,14,16H,1-3,7-8,10-12H2,(H,20,23)(H,21,24). The van der Waals surface area contributed by atoms with Gasteiger partial charge in [-0.1, -0.05) is 37.5 Å². The van der Waals surface area contributed by atoms with Crippen molar-refractivity contribution >= 4 is 11.9 Å². The van der Waals surface area contributed by atoms with Crippen LogP contribution in [0.4, 0.5) is 9.18 Å². The van der Waals surface area contributed by atoms with E-state index in [1.807, 2.05) is 0 Å². The average molecular weight is 333 g/mol. The molecule has 1 aliphatic carbocycles. The average Bonchev–Trinajstić information content (AvgIpc) is 2.99. The SMILES string of the molecule is O=C(NCCc1ccccc1F)C1CN(C2CCCCC2)C(=O)N1. The minimum Gasteiger partial charge on any atom is -0.354 e. The van der Waals surface area contributed by atoms with Crippen LogP contribution in [0.5, 0.6) is 0 Å². The van der Waals surface area contributed by atoms with Gasteiger partial charge in [-0.25, -0.2) is 9.18 Å². The van der Waals surface area contributed by atoms with E-state index in [0.29, 0.717) is 25.1 Å². The van der Waals surface area contributed by atoms with Gasteiger partial charge in [0.2, 0.25) is 5.91 Å². The number of carbonyl (C=O) groups is 2. The molecule has 1 atom stereocenters. The molecule has 2 aliphatic rings. The Kier molecular flexibility index (Phi) is 5.33. The van der Waals surface area contributed by atoms with Crippen molar-refractivity contribution in [1.29, 1.82) is 0 Å². The van der Waals surface area contributed by atoms with Crippen molar-refractivity contribution in [2.75, 3.05) is 13.1 Å². The highest BCUT2D eigenvalue weighted by atomic mass is 19.1. The summed E-state index contributed by atoms with van der Waals surface area (Å²) in [6.07, 6.45) is 6.00. The number of hydrogen-bond donors (Lipinski definition) is 2.